The van der Waals surface area contributed by atoms with E-state index in [1.165, 1.54) is 0 Å². The molecule has 1 rings (SSSR count). The van der Waals surface area contributed by atoms with Gasteiger partial charge in [-0.1, -0.05) is 4.85 Å². The van der Waals surface area contributed by atoms with Crippen LogP contribution in [0.15, 0.2) is 0 Å². The Morgan fingerprint density at radius 3 is 3.09 bits per heavy atom. The fourth-order valence-electron chi connectivity index (χ4n) is 1.10. The van der Waals surface area contributed by atoms with E-state index >= 15 is 0 Å². The van der Waals surface area contributed by atoms with E-state index in [9.17, 15) is 0 Å². The summed E-state index contributed by atoms with van der Waals surface area (Å²) in [6, 6.07) is 0. The number of hydrogen-bond acceptors (Lipinski definition) is 3. The molecule has 1 N–H and O–H groups in total. The summed E-state index contributed by atoms with van der Waals surface area (Å²) in [5.74, 6) is 0. The van der Waals surface area contributed by atoms with Crippen molar-refractivity contribution in [2.75, 3.05) is 7.05 Å². The molecule has 0 saturated carbocycles. The van der Waals surface area contributed by atoms with Gasteiger partial charge in [-0.2, -0.15) is 0 Å². The third kappa shape index (κ3) is 2.46. The largest absolute Gasteiger partial charge is 0.378 e. The number of ether oxygens (including phenoxy) is 1. The van der Waals surface area contributed by atoms with E-state index in [-0.39, 0.29) is 12.5 Å². The molecular weight excluding hydrogens is 144 g/mol. The predicted molar refractivity (Wildman–Crippen MR) is 41.0 cm³/mol. The second-order valence-corrected chi connectivity index (χ2v) is 2.42. The Morgan fingerprint density at radius 1 is 1.64 bits per heavy atom. The molecule has 1 heterocycles. The van der Waals surface area contributed by atoms with Crippen molar-refractivity contribution in [2.45, 2.75) is 31.8 Å². The second-order valence-electron chi connectivity index (χ2n) is 2.42. The molecule has 0 amide bonds. The molecule has 1 aliphatic heterocycles. The van der Waals surface area contributed by atoms with Gasteiger partial charge in [0.05, 0.1) is 6.42 Å². The number of rotatable bonds is 2. The molecule has 2 atom stereocenters. The number of nitrogens with zero attached hydrogens (tertiary/aromatic N) is 1. The second kappa shape index (κ2) is 4.29. The Balaban J connectivity index is 2.29. The Morgan fingerprint density at radius 2 is 2.45 bits per heavy atom. The molecule has 0 aromatic carbocycles. The highest BCUT2D eigenvalue weighted by molar-refractivity contribution is 4.77. The third-order valence-electron chi connectivity index (χ3n) is 1.62. The summed E-state index contributed by atoms with van der Waals surface area (Å²) < 4.78 is 5.30. The third-order valence-corrected chi connectivity index (χ3v) is 1.62. The van der Waals surface area contributed by atoms with Crippen molar-refractivity contribution in [1.82, 2.24) is 5.48 Å². The van der Waals surface area contributed by atoms with Crippen molar-refractivity contribution in [2.24, 2.45) is 0 Å². The van der Waals surface area contributed by atoms with E-state index in [0.29, 0.717) is 0 Å². The SMILES string of the molecule is C#[N+]C1CCCC(ONC)O1. The molecule has 0 aliphatic carbocycles. The van der Waals surface area contributed by atoms with Gasteiger partial charge < -0.3 is 0 Å². The topological polar surface area (TPSA) is 34.8 Å². The Bertz CT molecular complexity index is 153. The zero-order chi connectivity index (χ0) is 8.10. The van der Waals surface area contributed by atoms with Crippen LogP contribution in [0.2, 0.25) is 0 Å². The van der Waals surface area contributed by atoms with Crippen LogP contribution in [0.3, 0.4) is 0 Å². The first-order valence-corrected chi connectivity index (χ1v) is 3.74. The Hall–Kier alpha value is -0.630. The van der Waals surface area contributed by atoms with Gasteiger partial charge in [0, 0.05) is 13.5 Å². The van der Waals surface area contributed by atoms with Crippen LogP contribution in [0.4, 0.5) is 0 Å². The van der Waals surface area contributed by atoms with Crippen molar-refractivity contribution in [3.63, 3.8) is 0 Å². The molecule has 4 nitrogen and oxygen atoms in total. The van der Waals surface area contributed by atoms with E-state index in [1.54, 1.807) is 7.05 Å². The maximum Gasteiger partial charge on any atom is 0.378 e. The van der Waals surface area contributed by atoms with Gasteiger partial charge >= 0.3 is 6.23 Å². The average Bonchev–Trinajstić information content (AvgIpc) is 2.06. The smallest absolute Gasteiger partial charge is 0.276 e. The van der Waals surface area contributed by atoms with E-state index < -0.39 is 0 Å². The van der Waals surface area contributed by atoms with Crippen molar-refractivity contribution in [1.29, 1.82) is 0 Å². The van der Waals surface area contributed by atoms with Gasteiger partial charge in [0.15, 0.2) is 6.29 Å². The van der Waals surface area contributed by atoms with Gasteiger partial charge in [-0.3, -0.25) is 9.57 Å². The Kier molecular flexibility index (Phi) is 3.30. The van der Waals surface area contributed by atoms with Crippen LogP contribution in [-0.4, -0.2) is 19.6 Å². The van der Waals surface area contributed by atoms with Gasteiger partial charge in [0.1, 0.15) is 0 Å². The normalized spacial score (nSPS) is 31.3. The van der Waals surface area contributed by atoms with E-state index in [4.69, 9.17) is 16.1 Å². The summed E-state index contributed by atoms with van der Waals surface area (Å²) >= 11 is 0. The summed E-state index contributed by atoms with van der Waals surface area (Å²) in [5.41, 5.74) is 2.57. The van der Waals surface area contributed by atoms with Crippen LogP contribution >= 0.6 is 0 Å². The van der Waals surface area contributed by atoms with Crippen LogP contribution in [0.25, 0.3) is 4.85 Å². The van der Waals surface area contributed by atoms with Crippen molar-refractivity contribution in [3.8, 4) is 6.57 Å². The molecule has 11 heavy (non-hydrogen) atoms. The molecule has 2 unspecified atom stereocenters. The fraction of sp³-hybridized carbons (Fsp3) is 0.857. The molecule has 0 spiro atoms. The van der Waals surface area contributed by atoms with E-state index in [2.05, 4.69) is 10.3 Å². The van der Waals surface area contributed by atoms with Gasteiger partial charge in [-0.05, 0) is 6.42 Å². The summed E-state index contributed by atoms with van der Waals surface area (Å²) in [5, 5.41) is 0. The summed E-state index contributed by atoms with van der Waals surface area (Å²) in [6.07, 6.45) is 2.43. The quantitative estimate of drug-likeness (QED) is 0.606. The lowest BCUT2D eigenvalue weighted by molar-refractivity contribution is -0.209. The maximum absolute atomic E-state index is 5.30. The zero-order valence-electron chi connectivity index (χ0n) is 6.62. The maximum atomic E-state index is 5.30. The van der Waals surface area contributed by atoms with Crippen LogP contribution in [0.5, 0.6) is 0 Å². The first-order chi connectivity index (χ1) is 5.36. The average molecular weight is 157 g/mol. The highest BCUT2D eigenvalue weighted by Crippen LogP contribution is 2.19. The first kappa shape index (κ1) is 8.47. The number of hydrogen-bond donors (Lipinski definition) is 1. The van der Waals surface area contributed by atoms with Crippen LogP contribution in [0.1, 0.15) is 19.3 Å². The monoisotopic (exact) mass is 157 g/mol. The molecule has 0 aromatic rings. The predicted octanol–water partition coefficient (Wildman–Crippen LogP) is 0.953. The van der Waals surface area contributed by atoms with Crippen molar-refractivity contribution in [3.05, 3.63) is 4.85 Å². The van der Waals surface area contributed by atoms with Gasteiger partial charge in [0.2, 0.25) is 0 Å². The van der Waals surface area contributed by atoms with Crippen molar-refractivity contribution >= 4 is 0 Å². The minimum Gasteiger partial charge on any atom is -0.276 e. The van der Waals surface area contributed by atoms with Crippen molar-refractivity contribution < 1.29 is 9.57 Å². The molecule has 1 saturated heterocycles. The minimum absolute atomic E-state index is 0.193. The Labute approximate surface area is 66.3 Å². The van der Waals surface area contributed by atoms with Gasteiger partial charge in [-0.25, -0.2) is 5.48 Å². The molecule has 0 radical (unpaired) electrons. The van der Waals surface area contributed by atoms with Gasteiger partial charge in [0.25, 0.3) is 6.57 Å². The van der Waals surface area contributed by atoms with E-state index in [1.807, 2.05) is 0 Å². The molecule has 62 valence electrons. The fourth-order valence-corrected chi connectivity index (χ4v) is 1.10. The number of hydroxylamine groups is 1. The zero-order valence-corrected chi connectivity index (χ0v) is 6.62. The lowest BCUT2D eigenvalue weighted by Crippen LogP contribution is -2.31. The molecule has 0 bridgehead atoms. The van der Waals surface area contributed by atoms with Crippen LogP contribution in [0, 0.1) is 6.57 Å². The van der Waals surface area contributed by atoms with Crippen LogP contribution in [-0.2, 0) is 9.57 Å². The molecule has 1 fully saturated rings. The summed E-state index contributed by atoms with van der Waals surface area (Å²) in [4.78, 5) is 8.58. The van der Waals surface area contributed by atoms with Gasteiger partial charge in [-0.15, -0.1) is 0 Å². The molecule has 0 aromatic heterocycles. The minimum atomic E-state index is -0.203. The molecule has 4 heteroatoms. The number of nitrogens with one attached hydrogen (secondary N) is 1. The first-order valence-electron chi connectivity index (χ1n) is 3.74. The summed E-state index contributed by atoms with van der Waals surface area (Å²) in [7, 11) is 1.70. The standard InChI is InChI=1S/C7H13N2O2/c1-8-6-4-3-5-7(10-6)11-9-2/h1,6-7,9H,3-5H2,2H3/q+1. The van der Waals surface area contributed by atoms with Crippen LogP contribution < -0.4 is 5.48 Å². The highest BCUT2D eigenvalue weighted by Gasteiger charge is 2.28. The summed E-state index contributed by atoms with van der Waals surface area (Å²) in [6.45, 7) is 5.09. The van der Waals surface area contributed by atoms with E-state index in [0.717, 1.165) is 19.3 Å². The molecule has 1 aliphatic rings. The lowest BCUT2D eigenvalue weighted by atomic mass is 10.2. The lowest BCUT2D eigenvalue weighted by Gasteiger charge is -2.20. The highest BCUT2D eigenvalue weighted by atomic mass is 16.8. The molecular formula is C7H13N2O2+.